The van der Waals surface area contributed by atoms with Crippen LogP contribution in [0.4, 0.5) is 4.79 Å². The van der Waals surface area contributed by atoms with Crippen molar-refractivity contribution in [2.45, 2.75) is 13.0 Å². The molecule has 0 bridgehead atoms. The summed E-state index contributed by atoms with van der Waals surface area (Å²) in [6.45, 7) is 2.12. The van der Waals surface area contributed by atoms with Crippen LogP contribution in [0.3, 0.4) is 0 Å². The first kappa shape index (κ1) is 19.2. The topological polar surface area (TPSA) is 93.7 Å². The average Bonchev–Trinajstić information content (AvgIpc) is 2.72. The van der Waals surface area contributed by atoms with Crippen molar-refractivity contribution in [3.63, 3.8) is 0 Å². The van der Waals surface area contributed by atoms with E-state index in [1.165, 1.54) is 0 Å². The van der Waals surface area contributed by atoms with Crippen LogP contribution in [0, 0.1) is 0 Å². The number of benzene rings is 2. The van der Waals surface area contributed by atoms with Crippen molar-refractivity contribution in [2.75, 3.05) is 13.2 Å². The van der Waals surface area contributed by atoms with E-state index in [4.69, 9.17) is 9.47 Å². The third-order valence-electron chi connectivity index (χ3n) is 4.03. The van der Waals surface area contributed by atoms with Gasteiger partial charge in [0, 0.05) is 17.7 Å². The fourth-order valence-corrected chi connectivity index (χ4v) is 2.70. The van der Waals surface area contributed by atoms with E-state index in [0.29, 0.717) is 17.9 Å². The molecule has 28 heavy (non-hydrogen) atoms. The summed E-state index contributed by atoms with van der Waals surface area (Å²) in [6, 6.07) is 15.2. The van der Waals surface area contributed by atoms with E-state index in [2.05, 4.69) is 10.6 Å². The third kappa shape index (κ3) is 4.56. The first-order valence-corrected chi connectivity index (χ1v) is 8.85. The van der Waals surface area contributed by atoms with Crippen molar-refractivity contribution in [1.82, 2.24) is 10.6 Å². The number of esters is 1. The fourth-order valence-electron chi connectivity index (χ4n) is 2.70. The number of rotatable bonds is 5. The molecular weight excluding hydrogens is 360 g/mol. The van der Waals surface area contributed by atoms with Crippen LogP contribution in [0.25, 0.3) is 6.08 Å². The molecule has 0 unspecified atom stereocenters. The second kappa shape index (κ2) is 8.85. The normalized spacial score (nSPS) is 13.2. The number of imide groups is 1. The van der Waals surface area contributed by atoms with Gasteiger partial charge in [0.05, 0.1) is 5.57 Å². The Balaban J connectivity index is 1.80. The molecule has 7 nitrogen and oxygen atoms in total. The van der Waals surface area contributed by atoms with E-state index in [1.807, 2.05) is 18.2 Å². The van der Waals surface area contributed by atoms with Crippen molar-refractivity contribution in [3.05, 3.63) is 71.3 Å². The maximum atomic E-state index is 12.7. The highest BCUT2D eigenvalue weighted by atomic mass is 16.6. The van der Waals surface area contributed by atoms with Crippen LogP contribution in [0.15, 0.2) is 60.2 Å². The largest absolute Gasteiger partial charge is 0.488 e. The molecule has 2 aromatic rings. The lowest BCUT2D eigenvalue weighted by atomic mass is 10.1. The van der Waals surface area contributed by atoms with E-state index < -0.39 is 24.0 Å². The Bertz CT molecular complexity index is 908. The number of fused-ring (bicyclic) bond motifs is 1. The predicted octanol–water partition coefficient (Wildman–Crippen LogP) is 2.59. The third-order valence-corrected chi connectivity index (χ3v) is 4.03. The SMILES string of the molecule is CCNC(=O)NC(=O)[C@@H](OC(=O)C1=Cc2ccccc2OC1)c1ccccc1. The van der Waals surface area contributed by atoms with Crippen LogP contribution < -0.4 is 15.4 Å². The summed E-state index contributed by atoms with van der Waals surface area (Å²) in [5, 5.41) is 4.65. The Morgan fingerprint density at radius 2 is 1.79 bits per heavy atom. The molecule has 2 aromatic carbocycles. The molecule has 3 amide bonds. The van der Waals surface area contributed by atoms with E-state index in [9.17, 15) is 14.4 Å². The van der Waals surface area contributed by atoms with Gasteiger partial charge in [-0.15, -0.1) is 0 Å². The molecule has 2 N–H and O–H groups in total. The molecule has 0 aromatic heterocycles. The smallest absolute Gasteiger partial charge is 0.338 e. The molecule has 144 valence electrons. The monoisotopic (exact) mass is 380 g/mol. The van der Waals surface area contributed by atoms with Crippen molar-refractivity contribution in [1.29, 1.82) is 0 Å². The van der Waals surface area contributed by atoms with Gasteiger partial charge in [-0.3, -0.25) is 10.1 Å². The van der Waals surface area contributed by atoms with Gasteiger partial charge in [0.2, 0.25) is 6.10 Å². The molecule has 7 heteroatoms. The molecule has 0 saturated carbocycles. The molecule has 1 atom stereocenters. The summed E-state index contributed by atoms with van der Waals surface area (Å²) in [7, 11) is 0. The number of carbonyl (C=O) groups is 3. The molecular formula is C21H20N2O5. The van der Waals surface area contributed by atoms with Gasteiger partial charge in [0.25, 0.3) is 5.91 Å². The number of urea groups is 1. The van der Waals surface area contributed by atoms with Crippen molar-refractivity contribution >= 4 is 24.0 Å². The number of nitrogens with one attached hydrogen (secondary N) is 2. The van der Waals surface area contributed by atoms with E-state index in [1.54, 1.807) is 49.4 Å². The van der Waals surface area contributed by atoms with Crippen molar-refractivity contribution < 1.29 is 23.9 Å². The summed E-state index contributed by atoms with van der Waals surface area (Å²) in [4.78, 5) is 36.9. The van der Waals surface area contributed by atoms with Crippen LogP contribution in [0.5, 0.6) is 5.75 Å². The maximum Gasteiger partial charge on any atom is 0.338 e. The van der Waals surface area contributed by atoms with Gasteiger partial charge in [-0.25, -0.2) is 9.59 Å². The minimum Gasteiger partial charge on any atom is -0.488 e. The minimum atomic E-state index is -1.27. The first-order valence-electron chi connectivity index (χ1n) is 8.85. The first-order chi connectivity index (χ1) is 13.6. The lowest BCUT2D eigenvalue weighted by molar-refractivity contribution is -0.152. The minimum absolute atomic E-state index is 0.0370. The summed E-state index contributed by atoms with van der Waals surface area (Å²) in [5.41, 5.74) is 1.49. The standard InChI is InChI=1S/C21H20N2O5/c1-2-22-21(26)23-19(24)18(14-8-4-3-5-9-14)28-20(25)16-12-15-10-6-7-11-17(15)27-13-16/h3-12,18H,2,13H2,1H3,(H2,22,23,24,26)/t18-/m0/s1. The number of carbonyl (C=O) groups excluding carboxylic acids is 3. The van der Waals surface area contributed by atoms with Gasteiger partial charge in [0.1, 0.15) is 12.4 Å². The number of amides is 3. The molecule has 0 aliphatic carbocycles. The number of hydrogen-bond donors (Lipinski definition) is 2. The Hall–Kier alpha value is -3.61. The van der Waals surface area contributed by atoms with Crippen LogP contribution in [-0.2, 0) is 14.3 Å². The summed E-state index contributed by atoms with van der Waals surface area (Å²) >= 11 is 0. The number of hydrogen-bond acceptors (Lipinski definition) is 5. The lowest BCUT2D eigenvalue weighted by Gasteiger charge is -2.21. The number of ether oxygens (including phenoxy) is 2. The second-order valence-corrected chi connectivity index (χ2v) is 6.04. The molecule has 0 saturated heterocycles. The van der Waals surface area contributed by atoms with Crippen LogP contribution >= 0.6 is 0 Å². The molecule has 1 heterocycles. The predicted molar refractivity (Wildman–Crippen MR) is 102 cm³/mol. The Morgan fingerprint density at radius 1 is 1.07 bits per heavy atom. The molecule has 3 rings (SSSR count). The molecule has 0 spiro atoms. The summed E-state index contributed by atoms with van der Waals surface area (Å²) < 4.78 is 11.0. The highest BCUT2D eigenvalue weighted by molar-refractivity contribution is 6.00. The quantitative estimate of drug-likeness (QED) is 0.778. The summed E-state index contributed by atoms with van der Waals surface area (Å²) in [6.07, 6.45) is 0.402. The van der Waals surface area contributed by atoms with Crippen LogP contribution in [0.1, 0.15) is 24.2 Å². The van der Waals surface area contributed by atoms with Crippen molar-refractivity contribution in [2.24, 2.45) is 0 Å². The molecule has 1 aliphatic heterocycles. The molecule has 0 radical (unpaired) electrons. The average molecular weight is 380 g/mol. The van der Waals surface area contributed by atoms with Gasteiger partial charge in [0.15, 0.2) is 0 Å². The van der Waals surface area contributed by atoms with Crippen molar-refractivity contribution in [3.8, 4) is 5.75 Å². The van der Waals surface area contributed by atoms with E-state index in [0.717, 1.165) is 5.56 Å². The van der Waals surface area contributed by atoms with E-state index in [-0.39, 0.29) is 12.2 Å². The maximum absolute atomic E-state index is 12.7. The van der Waals surface area contributed by atoms with E-state index >= 15 is 0 Å². The Labute approximate surface area is 162 Å². The highest BCUT2D eigenvalue weighted by Gasteiger charge is 2.29. The fraction of sp³-hybridized carbons (Fsp3) is 0.190. The van der Waals surface area contributed by atoms with Crippen LogP contribution in [0.2, 0.25) is 0 Å². The molecule has 0 fully saturated rings. The summed E-state index contributed by atoms with van der Waals surface area (Å²) in [5.74, 6) is -0.745. The van der Waals surface area contributed by atoms with Crippen LogP contribution in [-0.4, -0.2) is 31.1 Å². The Morgan fingerprint density at radius 3 is 2.54 bits per heavy atom. The van der Waals surface area contributed by atoms with Gasteiger partial charge >= 0.3 is 12.0 Å². The zero-order valence-electron chi connectivity index (χ0n) is 15.3. The number of para-hydroxylation sites is 1. The lowest BCUT2D eigenvalue weighted by Crippen LogP contribution is -2.42. The van der Waals surface area contributed by atoms with Gasteiger partial charge in [-0.2, -0.15) is 0 Å². The zero-order valence-corrected chi connectivity index (χ0v) is 15.3. The van der Waals surface area contributed by atoms with Gasteiger partial charge < -0.3 is 14.8 Å². The zero-order chi connectivity index (χ0) is 19.9. The Kier molecular flexibility index (Phi) is 6.06. The highest BCUT2D eigenvalue weighted by Crippen LogP contribution is 2.27. The van der Waals surface area contributed by atoms with Gasteiger partial charge in [-0.05, 0) is 19.1 Å². The molecule has 1 aliphatic rings. The second-order valence-electron chi connectivity index (χ2n) is 6.04. The van der Waals surface area contributed by atoms with Gasteiger partial charge in [-0.1, -0.05) is 48.5 Å².